The lowest BCUT2D eigenvalue weighted by atomic mass is 9.98. The summed E-state index contributed by atoms with van der Waals surface area (Å²) in [6, 6.07) is 9.39. The maximum Gasteiger partial charge on any atom is 0.310 e. The summed E-state index contributed by atoms with van der Waals surface area (Å²) < 4.78 is 5.82. The number of likely N-dealkylation sites (N-methyl/N-ethyl adjacent to an activating group) is 1. The van der Waals surface area contributed by atoms with Gasteiger partial charge in [-0.3, -0.25) is 9.69 Å². The first-order chi connectivity index (χ1) is 20.5. The topological polar surface area (TPSA) is 122 Å². The third-order valence-corrected chi connectivity index (χ3v) is 8.40. The molecular weight excluding hydrogens is 550 g/mol. The molecule has 1 N–H and O–H groups in total. The van der Waals surface area contributed by atoms with Gasteiger partial charge in [-0.1, -0.05) is 6.07 Å². The average molecular weight is 586 g/mol. The number of carbonyl (C=O) groups excluding carboxylic acids is 1. The second-order valence-electron chi connectivity index (χ2n) is 11.0. The van der Waals surface area contributed by atoms with Crippen molar-refractivity contribution < 1.29 is 9.53 Å². The van der Waals surface area contributed by atoms with Crippen LogP contribution in [0.3, 0.4) is 0 Å². The molecule has 6 heterocycles. The predicted octanol–water partition coefficient (Wildman–Crippen LogP) is 3.89. The van der Waals surface area contributed by atoms with E-state index in [-0.39, 0.29) is 18.0 Å². The van der Waals surface area contributed by atoms with E-state index in [4.69, 9.17) is 9.72 Å². The normalized spacial score (nSPS) is 19.6. The minimum absolute atomic E-state index is 0.0317. The number of nitrogens with zero attached hydrogens (tertiary/aromatic N) is 8. The molecule has 0 saturated carbocycles. The van der Waals surface area contributed by atoms with E-state index in [1.54, 1.807) is 29.8 Å². The largest absolute Gasteiger partial charge is 0.461 e. The molecule has 4 aromatic heterocycles. The van der Waals surface area contributed by atoms with Crippen LogP contribution in [-0.2, 0) is 22.5 Å². The van der Waals surface area contributed by atoms with Crippen LogP contribution in [0.2, 0.25) is 0 Å². The average Bonchev–Trinajstić information content (AvgIpc) is 3.61. The molecule has 0 amide bonds. The maximum absolute atomic E-state index is 12.8. The number of hydrogen-bond acceptors (Lipinski definition) is 12. The van der Waals surface area contributed by atoms with Crippen molar-refractivity contribution in [2.75, 3.05) is 38.5 Å². The molecule has 42 heavy (non-hydrogen) atoms. The van der Waals surface area contributed by atoms with Crippen LogP contribution in [0.4, 0.5) is 11.6 Å². The standard InChI is InChI=1S/C30H35N9O2S/c1-20-5-3-7-24(33-20)29-32-12-9-26(37-29)35-25-8-11-31-27(36-25)15-28-34-22(19-42-28)17-39-13-4-6-21(16-39)30(40)41-23-10-14-38(2)18-23/h3,5,7-9,11-12,19,21,23H,4,6,10,13-18H2,1-2H3,(H,31,32,35,36,37)/t21-,23-/m1/s1. The third-order valence-electron chi connectivity index (χ3n) is 7.50. The number of nitrogens with one attached hydrogen (secondary N) is 1. The Labute approximate surface area is 249 Å². The minimum Gasteiger partial charge on any atom is -0.461 e. The first-order valence-corrected chi connectivity index (χ1v) is 15.3. The summed E-state index contributed by atoms with van der Waals surface area (Å²) in [5, 5.41) is 6.31. The summed E-state index contributed by atoms with van der Waals surface area (Å²) in [4.78, 5) is 44.8. The van der Waals surface area contributed by atoms with E-state index in [1.165, 1.54) is 0 Å². The Morgan fingerprint density at radius 3 is 2.71 bits per heavy atom. The zero-order valence-electron chi connectivity index (χ0n) is 23.9. The molecular formula is C30H35N9O2S. The quantitative estimate of drug-likeness (QED) is 0.288. The van der Waals surface area contributed by atoms with Crippen molar-refractivity contribution in [1.82, 2.24) is 39.7 Å². The molecule has 0 aliphatic carbocycles. The number of carbonyl (C=O) groups is 1. The van der Waals surface area contributed by atoms with Gasteiger partial charge in [0.2, 0.25) is 0 Å². The van der Waals surface area contributed by atoms with Crippen molar-refractivity contribution in [2.45, 2.75) is 45.3 Å². The lowest BCUT2D eigenvalue weighted by Gasteiger charge is -2.31. The molecule has 11 nitrogen and oxygen atoms in total. The molecule has 12 heteroatoms. The van der Waals surface area contributed by atoms with Crippen LogP contribution in [0.25, 0.3) is 11.5 Å². The van der Waals surface area contributed by atoms with Crippen molar-refractivity contribution in [2.24, 2.45) is 5.92 Å². The highest BCUT2D eigenvalue weighted by Crippen LogP contribution is 2.23. The van der Waals surface area contributed by atoms with Gasteiger partial charge in [0.15, 0.2) is 5.82 Å². The number of aromatic nitrogens is 6. The Bertz CT molecular complexity index is 1530. The van der Waals surface area contributed by atoms with E-state index in [9.17, 15) is 4.79 Å². The van der Waals surface area contributed by atoms with E-state index in [0.29, 0.717) is 29.7 Å². The van der Waals surface area contributed by atoms with E-state index in [2.05, 4.69) is 52.5 Å². The molecule has 2 saturated heterocycles. The molecule has 0 bridgehead atoms. The van der Waals surface area contributed by atoms with E-state index >= 15 is 0 Å². The number of hydrogen-bond donors (Lipinski definition) is 1. The lowest BCUT2D eigenvalue weighted by Crippen LogP contribution is -2.40. The van der Waals surface area contributed by atoms with Gasteiger partial charge < -0.3 is 15.0 Å². The van der Waals surface area contributed by atoms with E-state index < -0.39 is 0 Å². The Kier molecular flexibility index (Phi) is 8.73. The fourth-order valence-electron chi connectivity index (χ4n) is 5.41. The van der Waals surface area contributed by atoms with Crippen LogP contribution in [0, 0.1) is 12.8 Å². The number of esters is 1. The van der Waals surface area contributed by atoms with E-state index in [0.717, 1.165) is 74.1 Å². The summed E-state index contributed by atoms with van der Waals surface area (Å²) in [7, 11) is 2.07. The van der Waals surface area contributed by atoms with Gasteiger partial charge in [-0.25, -0.2) is 29.9 Å². The van der Waals surface area contributed by atoms with Crippen LogP contribution in [-0.4, -0.2) is 85.0 Å². The molecule has 0 spiro atoms. The van der Waals surface area contributed by atoms with Gasteiger partial charge in [-0.05, 0) is 64.0 Å². The van der Waals surface area contributed by atoms with Crippen molar-refractivity contribution in [3.63, 3.8) is 0 Å². The zero-order valence-corrected chi connectivity index (χ0v) is 24.8. The van der Waals surface area contributed by atoms with Gasteiger partial charge in [-0.2, -0.15) is 0 Å². The van der Waals surface area contributed by atoms with Crippen molar-refractivity contribution >= 4 is 28.9 Å². The molecule has 218 valence electrons. The molecule has 2 fully saturated rings. The van der Waals surface area contributed by atoms with Crippen LogP contribution < -0.4 is 5.32 Å². The molecule has 2 aliphatic heterocycles. The summed E-state index contributed by atoms with van der Waals surface area (Å²) in [5.74, 6) is 2.39. The summed E-state index contributed by atoms with van der Waals surface area (Å²) in [5.41, 5.74) is 2.64. The Balaban J connectivity index is 1.04. The van der Waals surface area contributed by atoms with Gasteiger partial charge in [0.25, 0.3) is 0 Å². The molecule has 0 radical (unpaired) electrons. The highest BCUT2D eigenvalue weighted by atomic mass is 32.1. The predicted molar refractivity (Wildman–Crippen MR) is 160 cm³/mol. The van der Waals surface area contributed by atoms with Crippen LogP contribution in [0.5, 0.6) is 0 Å². The highest BCUT2D eigenvalue weighted by Gasteiger charge is 2.31. The molecule has 2 atom stereocenters. The third kappa shape index (κ3) is 7.30. The van der Waals surface area contributed by atoms with Crippen molar-refractivity contribution in [1.29, 1.82) is 0 Å². The zero-order chi connectivity index (χ0) is 28.9. The monoisotopic (exact) mass is 585 g/mol. The molecule has 2 aliphatic rings. The van der Waals surface area contributed by atoms with Gasteiger partial charge in [0.05, 0.1) is 18.0 Å². The van der Waals surface area contributed by atoms with Gasteiger partial charge in [-0.15, -0.1) is 11.3 Å². The Morgan fingerprint density at radius 2 is 1.88 bits per heavy atom. The first-order valence-electron chi connectivity index (χ1n) is 14.4. The first kappa shape index (κ1) is 28.3. The summed E-state index contributed by atoms with van der Waals surface area (Å²) >= 11 is 1.61. The van der Waals surface area contributed by atoms with Gasteiger partial charge in [0.1, 0.15) is 34.3 Å². The number of piperidine rings is 1. The number of aryl methyl sites for hydroxylation is 1. The second-order valence-corrected chi connectivity index (χ2v) is 11.9. The molecule has 0 aromatic carbocycles. The number of pyridine rings is 1. The maximum atomic E-state index is 12.8. The molecule has 4 aromatic rings. The molecule has 6 rings (SSSR count). The molecule has 0 unspecified atom stereocenters. The Hall–Kier alpha value is -3.87. The second kappa shape index (κ2) is 13.0. The van der Waals surface area contributed by atoms with Crippen LogP contribution in [0.1, 0.15) is 41.5 Å². The minimum atomic E-state index is -0.0644. The number of thiazole rings is 1. The van der Waals surface area contributed by atoms with Crippen molar-refractivity contribution in [3.8, 4) is 11.5 Å². The number of ether oxygens (including phenoxy) is 1. The fourth-order valence-corrected chi connectivity index (χ4v) is 6.20. The Morgan fingerprint density at radius 1 is 1.02 bits per heavy atom. The van der Waals surface area contributed by atoms with Gasteiger partial charge in [0, 0.05) is 49.6 Å². The van der Waals surface area contributed by atoms with Crippen LogP contribution in [0.15, 0.2) is 48.1 Å². The van der Waals surface area contributed by atoms with E-state index in [1.807, 2.05) is 31.2 Å². The number of anilines is 2. The summed E-state index contributed by atoms with van der Waals surface area (Å²) in [6.07, 6.45) is 6.81. The fraction of sp³-hybridized carbons (Fsp3) is 0.433. The number of rotatable bonds is 9. The smallest absolute Gasteiger partial charge is 0.310 e. The van der Waals surface area contributed by atoms with Crippen molar-refractivity contribution in [3.05, 3.63) is 70.3 Å². The summed E-state index contributed by atoms with van der Waals surface area (Å²) in [6.45, 7) is 6.17. The lowest BCUT2D eigenvalue weighted by molar-refractivity contribution is -0.155. The van der Waals surface area contributed by atoms with Gasteiger partial charge >= 0.3 is 5.97 Å². The SMILES string of the molecule is Cc1cccc(-c2nccc(Nc3ccnc(Cc4nc(CN5CCC[C@@H](C(=O)O[C@@H]6CCN(C)C6)C5)cs4)n3)n2)n1. The number of likely N-dealkylation sites (tertiary alicyclic amines) is 2. The van der Waals surface area contributed by atoms with Crippen LogP contribution >= 0.6 is 11.3 Å². The highest BCUT2D eigenvalue weighted by molar-refractivity contribution is 7.09.